The molecule has 0 amide bonds. The molecule has 2 heterocycles. The van der Waals surface area contributed by atoms with Crippen LogP contribution in [-0.4, -0.2) is 9.97 Å². The van der Waals surface area contributed by atoms with Crippen molar-refractivity contribution in [3.05, 3.63) is 39.3 Å². The number of thiophene rings is 1. The number of halogens is 3. The summed E-state index contributed by atoms with van der Waals surface area (Å²) in [5, 5.41) is 2.80. The highest BCUT2D eigenvalue weighted by Crippen LogP contribution is 2.27. The minimum atomic E-state index is -4.45. The van der Waals surface area contributed by atoms with Gasteiger partial charge in [0, 0.05) is 16.0 Å². The standard InChI is InChI=1S/C12H12F3N3S/c1-7-5-9(19-8(7)2)6-17-11-16-4-3-10(18-11)12(13,14)15/h3-5H,6H2,1-2H3,(H,16,17,18). The summed E-state index contributed by atoms with van der Waals surface area (Å²) in [7, 11) is 0. The van der Waals surface area contributed by atoms with E-state index in [1.54, 1.807) is 11.3 Å². The molecule has 19 heavy (non-hydrogen) atoms. The maximum atomic E-state index is 12.5. The van der Waals surface area contributed by atoms with Crippen LogP contribution in [0.1, 0.15) is 21.0 Å². The maximum Gasteiger partial charge on any atom is 0.433 e. The molecule has 0 spiro atoms. The zero-order valence-electron chi connectivity index (χ0n) is 10.4. The Hall–Kier alpha value is -1.63. The number of rotatable bonds is 3. The fraction of sp³-hybridized carbons (Fsp3) is 0.333. The topological polar surface area (TPSA) is 37.8 Å². The normalized spacial score (nSPS) is 11.6. The van der Waals surface area contributed by atoms with E-state index in [9.17, 15) is 13.2 Å². The number of hydrogen-bond acceptors (Lipinski definition) is 4. The first kappa shape index (κ1) is 13.8. The summed E-state index contributed by atoms with van der Waals surface area (Å²) in [6, 6.07) is 2.85. The van der Waals surface area contributed by atoms with Gasteiger partial charge in [0.2, 0.25) is 5.95 Å². The highest BCUT2D eigenvalue weighted by atomic mass is 32.1. The lowest BCUT2D eigenvalue weighted by Crippen LogP contribution is -2.11. The monoisotopic (exact) mass is 287 g/mol. The summed E-state index contributed by atoms with van der Waals surface area (Å²) in [6.45, 7) is 4.42. The predicted molar refractivity (Wildman–Crippen MR) is 68.2 cm³/mol. The van der Waals surface area contributed by atoms with Gasteiger partial charge in [0.05, 0.1) is 6.54 Å². The summed E-state index contributed by atoms with van der Waals surface area (Å²) < 4.78 is 37.4. The van der Waals surface area contributed by atoms with Crippen LogP contribution in [0.15, 0.2) is 18.3 Å². The highest BCUT2D eigenvalue weighted by molar-refractivity contribution is 7.12. The first-order chi connectivity index (χ1) is 8.86. The molecule has 0 saturated heterocycles. The Morgan fingerprint density at radius 3 is 2.63 bits per heavy atom. The quantitative estimate of drug-likeness (QED) is 0.933. The van der Waals surface area contributed by atoms with Crippen molar-refractivity contribution < 1.29 is 13.2 Å². The number of aromatic nitrogens is 2. The largest absolute Gasteiger partial charge is 0.433 e. The third kappa shape index (κ3) is 3.44. The molecular weight excluding hydrogens is 275 g/mol. The second-order valence-corrected chi connectivity index (χ2v) is 5.41. The van der Waals surface area contributed by atoms with Crippen LogP contribution in [0, 0.1) is 13.8 Å². The van der Waals surface area contributed by atoms with E-state index in [0.717, 1.165) is 17.1 Å². The number of nitrogens with zero attached hydrogens (tertiary/aromatic N) is 2. The van der Waals surface area contributed by atoms with Gasteiger partial charge in [-0.25, -0.2) is 9.97 Å². The summed E-state index contributed by atoms with van der Waals surface area (Å²) in [4.78, 5) is 9.46. The van der Waals surface area contributed by atoms with E-state index < -0.39 is 11.9 Å². The van der Waals surface area contributed by atoms with Crippen molar-refractivity contribution in [3.63, 3.8) is 0 Å². The van der Waals surface area contributed by atoms with Crippen LogP contribution in [0.3, 0.4) is 0 Å². The van der Waals surface area contributed by atoms with Crippen molar-refractivity contribution in [3.8, 4) is 0 Å². The van der Waals surface area contributed by atoms with Gasteiger partial charge in [-0.15, -0.1) is 11.3 Å². The fourth-order valence-electron chi connectivity index (χ4n) is 1.50. The van der Waals surface area contributed by atoms with Crippen LogP contribution < -0.4 is 5.32 Å². The second kappa shape index (κ2) is 5.16. The smallest absolute Gasteiger partial charge is 0.349 e. The zero-order valence-corrected chi connectivity index (χ0v) is 11.2. The van der Waals surface area contributed by atoms with Gasteiger partial charge in [-0.1, -0.05) is 0 Å². The zero-order chi connectivity index (χ0) is 14.0. The third-order valence-corrected chi connectivity index (χ3v) is 3.74. The molecule has 2 rings (SSSR count). The SMILES string of the molecule is Cc1cc(CNc2nccc(C(F)(F)F)n2)sc1C. The maximum absolute atomic E-state index is 12.5. The van der Waals surface area contributed by atoms with Crippen LogP contribution in [0.5, 0.6) is 0 Å². The molecule has 0 bridgehead atoms. The van der Waals surface area contributed by atoms with E-state index in [2.05, 4.69) is 15.3 Å². The van der Waals surface area contributed by atoms with E-state index in [-0.39, 0.29) is 5.95 Å². The first-order valence-corrected chi connectivity index (χ1v) is 6.38. The first-order valence-electron chi connectivity index (χ1n) is 5.56. The Morgan fingerprint density at radius 1 is 1.32 bits per heavy atom. The molecule has 2 aromatic rings. The van der Waals surface area contributed by atoms with Crippen molar-refractivity contribution in [2.75, 3.05) is 5.32 Å². The number of nitrogens with one attached hydrogen (secondary N) is 1. The molecule has 0 fully saturated rings. The minimum Gasteiger partial charge on any atom is -0.349 e. The summed E-state index contributed by atoms with van der Waals surface area (Å²) >= 11 is 1.60. The van der Waals surface area contributed by atoms with Gasteiger partial charge in [0.1, 0.15) is 5.69 Å². The predicted octanol–water partition coefficient (Wildman–Crippen LogP) is 3.79. The average molecular weight is 287 g/mol. The average Bonchev–Trinajstić information content (AvgIpc) is 2.66. The molecule has 0 atom stereocenters. The molecule has 0 aliphatic rings. The second-order valence-electron chi connectivity index (χ2n) is 4.07. The van der Waals surface area contributed by atoms with Crippen LogP contribution >= 0.6 is 11.3 Å². The molecule has 1 N–H and O–H groups in total. The molecule has 0 unspecified atom stereocenters. The molecular formula is C12H12F3N3S. The number of hydrogen-bond donors (Lipinski definition) is 1. The van der Waals surface area contributed by atoms with Crippen LogP contribution in [-0.2, 0) is 12.7 Å². The number of anilines is 1. The van der Waals surface area contributed by atoms with Crippen molar-refractivity contribution in [2.45, 2.75) is 26.6 Å². The number of alkyl halides is 3. The number of aryl methyl sites for hydroxylation is 2. The van der Waals surface area contributed by atoms with Gasteiger partial charge < -0.3 is 5.32 Å². The minimum absolute atomic E-state index is 0.0152. The molecule has 0 aromatic carbocycles. The molecule has 0 radical (unpaired) electrons. The van der Waals surface area contributed by atoms with Gasteiger partial charge in [-0.3, -0.25) is 0 Å². The summed E-state index contributed by atoms with van der Waals surface area (Å²) in [5.74, 6) is -0.0152. The Morgan fingerprint density at radius 2 is 2.05 bits per heavy atom. The lowest BCUT2D eigenvalue weighted by atomic mass is 10.3. The van der Waals surface area contributed by atoms with Gasteiger partial charge in [-0.05, 0) is 31.5 Å². The summed E-state index contributed by atoms with van der Waals surface area (Å²) in [6.07, 6.45) is -3.35. The third-order valence-electron chi connectivity index (χ3n) is 2.58. The fourth-order valence-corrected chi connectivity index (χ4v) is 2.50. The Kier molecular flexibility index (Phi) is 3.75. The van der Waals surface area contributed by atoms with Crippen molar-refractivity contribution in [1.29, 1.82) is 0 Å². The Balaban J connectivity index is 2.07. The lowest BCUT2D eigenvalue weighted by Gasteiger charge is -2.07. The highest BCUT2D eigenvalue weighted by Gasteiger charge is 2.32. The molecule has 0 aliphatic carbocycles. The van der Waals surface area contributed by atoms with Crippen LogP contribution in [0.25, 0.3) is 0 Å². The molecule has 3 nitrogen and oxygen atoms in total. The van der Waals surface area contributed by atoms with Crippen LogP contribution in [0.4, 0.5) is 19.1 Å². The van der Waals surface area contributed by atoms with E-state index in [4.69, 9.17) is 0 Å². The summed E-state index contributed by atoms with van der Waals surface area (Å²) in [5.41, 5.74) is 0.232. The Bertz CT molecular complexity index is 558. The van der Waals surface area contributed by atoms with Gasteiger partial charge in [0.25, 0.3) is 0 Å². The molecule has 7 heteroatoms. The lowest BCUT2D eigenvalue weighted by molar-refractivity contribution is -0.141. The molecule has 102 valence electrons. The van der Waals surface area contributed by atoms with E-state index in [1.165, 1.54) is 10.4 Å². The van der Waals surface area contributed by atoms with Crippen molar-refractivity contribution >= 4 is 17.3 Å². The molecule has 2 aromatic heterocycles. The van der Waals surface area contributed by atoms with Crippen molar-refractivity contribution in [2.24, 2.45) is 0 Å². The van der Waals surface area contributed by atoms with Crippen LogP contribution in [0.2, 0.25) is 0 Å². The molecule has 0 saturated carbocycles. The van der Waals surface area contributed by atoms with Crippen molar-refractivity contribution in [1.82, 2.24) is 9.97 Å². The molecule has 0 aliphatic heterocycles. The van der Waals surface area contributed by atoms with Gasteiger partial charge in [0.15, 0.2) is 0 Å². The van der Waals surface area contributed by atoms with Gasteiger partial charge >= 0.3 is 6.18 Å². The Labute approximate surface area is 112 Å². The van der Waals surface area contributed by atoms with E-state index in [0.29, 0.717) is 6.54 Å². The van der Waals surface area contributed by atoms with Gasteiger partial charge in [-0.2, -0.15) is 13.2 Å². The van der Waals surface area contributed by atoms with E-state index >= 15 is 0 Å². The van der Waals surface area contributed by atoms with E-state index in [1.807, 2.05) is 19.9 Å².